The van der Waals surface area contributed by atoms with Gasteiger partial charge in [-0.1, -0.05) is 0 Å². The van der Waals surface area contributed by atoms with E-state index in [1.54, 1.807) is 11.6 Å². The molecule has 124 valence electrons. The van der Waals surface area contributed by atoms with Crippen LogP contribution < -0.4 is 5.32 Å². The Kier molecular flexibility index (Phi) is 4.31. The molecule has 0 unspecified atom stereocenters. The van der Waals surface area contributed by atoms with Crippen LogP contribution in [0.1, 0.15) is 58.7 Å². The number of hydrogen-bond acceptors (Lipinski definition) is 4. The maximum atomic E-state index is 12.3. The standard InChI is InChI=1S/C16H21N3O4/c1-9-13(8-18-19(9)16(3,4)5)14(20)17-7-11-6-12(15(21)22)10(2)23-11/h6,8H,7H2,1-5H3,(H,17,20)(H,21,22). The van der Waals surface area contributed by atoms with E-state index >= 15 is 0 Å². The average molecular weight is 319 g/mol. The van der Waals surface area contributed by atoms with Gasteiger partial charge < -0.3 is 14.8 Å². The fourth-order valence-electron chi connectivity index (χ4n) is 2.41. The first-order valence-electron chi connectivity index (χ1n) is 7.27. The minimum Gasteiger partial charge on any atom is -0.478 e. The van der Waals surface area contributed by atoms with Gasteiger partial charge >= 0.3 is 5.97 Å². The van der Waals surface area contributed by atoms with Crippen LogP contribution in [-0.2, 0) is 12.1 Å². The van der Waals surface area contributed by atoms with E-state index < -0.39 is 5.97 Å². The normalized spacial score (nSPS) is 11.5. The van der Waals surface area contributed by atoms with Crippen molar-refractivity contribution >= 4 is 11.9 Å². The van der Waals surface area contributed by atoms with Crippen LogP contribution in [-0.4, -0.2) is 26.8 Å². The van der Waals surface area contributed by atoms with Gasteiger partial charge in [0.2, 0.25) is 0 Å². The first-order chi connectivity index (χ1) is 10.6. The predicted molar refractivity (Wildman–Crippen MR) is 83.5 cm³/mol. The van der Waals surface area contributed by atoms with Gasteiger partial charge in [0, 0.05) is 5.69 Å². The van der Waals surface area contributed by atoms with Crippen molar-refractivity contribution in [1.82, 2.24) is 15.1 Å². The molecule has 0 radical (unpaired) electrons. The topological polar surface area (TPSA) is 97.4 Å². The Morgan fingerprint density at radius 2 is 1.96 bits per heavy atom. The molecule has 1 amide bonds. The molecule has 7 nitrogen and oxygen atoms in total. The van der Waals surface area contributed by atoms with E-state index in [0.717, 1.165) is 5.69 Å². The van der Waals surface area contributed by atoms with Crippen LogP contribution in [0.15, 0.2) is 16.7 Å². The molecule has 0 bridgehead atoms. The fourth-order valence-corrected chi connectivity index (χ4v) is 2.41. The number of rotatable bonds is 4. The lowest BCUT2D eigenvalue weighted by Crippen LogP contribution is -2.26. The minimum absolute atomic E-state index is 0.103. The summed E-state index contributed by atoms with van der Waals surface area (Å²) in [6, 6.07) is 1.42. The van der Waals surface area contributed by atoms with Gasteiger partial charge in [0.05, 0.1) is 23.8 Å². The number of nitrogens with one attached hydrogen (secondary N) is 1. The van der Waals surface area contributed by atoms with Gasteiger partial charge in [0.25, 0.3) is 5.91 Å². The van der Waals surface area contributed by atoms with Crippen molar-refractivity contribution < 1.29 is 19.1 Å². The molecule has 0 aromatic carbocycles. The van der Waals surface area contributed by atoms with Crippen LogP contribution in [0.2, 0.25) is 0 Å². The van der Waals surface area contributed by atoms with Gasteiger partial charge in [-0.15, -0.1) is 0 Å². The highest BCUT2D eigenvalue weighted by atomic mass is 16.4. The summed E-state index contributed by atoms with van der Waals surface area (Å²) >= 11 is 0. The van der Waals surface area contributed by atoms with Crippen molar-refractivity contribution in [2.45, 2.75) is 46.7 Å². The van der Waals surface area contributed by atoms with Crippen LogP contribution in [0.4, 0.5) is 0 Å². The molecule has 2 N–H and O–H groups in total. The molecule has 7 heteroatoms. The summed E-state index contributed by atoms with van der Waals surface area (Å²) in [5, 5.41) is 16.0. The maximum Gasteiger partial charge on any atom is 0.339 e. The summed E-state index contributed by atoms with van der Waals surface area (Å²) in [5.41, 5.74) is 1.15. The molecule has 2 heterocycles. The summed E-state index contributed by atoms with van der Waals surface area (Å²) < 4.78 is 7.13. The van der Waals surface area contributed by atoms with E-state index in [1.807, 2.05) is 27.7 Å². The summed E-state index contributed by atoms with van der Waals surface area (Å²) in [6.45, 7) is 9.56. The van der Waals surface area contributed by atoms with E-state index in [2.05, 4.69) is 10.4 Å². The van der Waals surface area contributed by atoms with Crippen molar-refractivity contribution in [2.24, 2.45) is 0 Å². The summed E-state index contributed by atoms with van der Waals surface area (Å²) in [6.07, 6.45) is 1.53. The van der Waals surface area contributed by atoms with Gasteiger partial charge in [-0.25, -0.2) is 4.79 Å². The smallest absolute Gasteiger partial charge is 0.339 e. The zero-order valence-corrected chi connectivity index (χ0v) is 13.9. The molecule has 2 aromatic heterocycles. The van der Waals surface area contributed by atoms with E-state index in [0.29, 0.717) is 17.1 Å². The Bertz CT molecular complexity index is 750. The highest BCUT2D eigenvalue weighted by Gasteiger charge is 2.22. The Labute approximate surface area is 134 Å². The number of aromatic carboxylic acids is 1. The molecular weight excluding hydrogens is 298 g/mol. The van der Waals surface area contributed by atoms with E-state index in [9.17, 15) is 9.59 Å². The molecule has 0 aliphatic rings. The van der Waals surface area contributed by atoms with Crippen LogP contribution in [0.5, 0.6) is 0 Å². The van der Waals surface area contributed by atoms with Gasteiger partial charge in [0.1, 0.15) is 17.1 Å². The van der Waals surface area contributed by atoms with Crippen molar-refractivity contribution in [3.05, 3.63) is 40.6 Å². The number of nitrogens with zero attached hydrogens (tertiary/aromatic N) is 2. The van der Waals surface area contributed by atoms with Crippen LogP contribution in [0, 0.1) is 13.8 Å². The average Bonchev–Trinajstić information content (AvgIpc) is 2.98. The molecule has 0 saturated heterocycles. The number of aryl methyl sites for hydroxylation is 1. The second kappa shape index (κ2) is 5.91. The third-order valence-corrected chi connectivity index (χ3v) is 3.51. The van der Waals surface area contributed by atoms with Gasteiger partial charge in [-0.2, -0.15) is 5.10 Å². The molecule has 0 aliphatic carbocycles. The maximum absolute atomic E-state index is 12.3. The van der Waals surface area contributed by atoms with E-state index in [4.69, 9.17) is 9.52 Å². The van der Waals surface area contributed by atoms with E-state index in [1.165, 1.54) is 12.3 Å². The molecule has 23 heavy (non-hydrogen) atoms. The lowest BCUT2D eigenvalue weighted by atomic mass is 10.1. The molecule has 2 rings (SSSR count). The number of furan rings is 1. The lowest BCUT2D eigenvalue weighted by Gasteiger charge is -2.21. The number of aromatic nitrogens is 2. The van der Waals surface area contributed by atoms with Gasteiger partial charge in [-0.3, -0.25) is 9.48 Å². The predicted octanol–water partition coefficient (Wildman–Crippen LogP) is 2.48. The monoisotopic (exact) mass is 319 g/mol. The Morgan fingerprint density at radius 1 is 1.30 bits per heavy atom. The van der Waals surface area contributed by atoms with Crippen LogP contribution in [0.25, 0.3) is 0 Å². The largest absolute Gasteiger partial charge is 0.478 e. The van der Waals surface area contributed by atoms with Crippen molar-refractivity contribution in [3.63, 3.8) is 0 Å². The molecule has 0 saturated carbocycles. The zero-order chi connectivity index (χ0) is 17.4. The van der Waals surface area contributed by atoms with E-state index in [-0.39, 0.29) is 23.6 Å². The van der Waals surface area contributed by atoms with Crippen molar-refractivity contribution in [2.75, 3.05) is 0 Å². The second-order valence-electron chi connectivity index (χ2n) is 6.40. The summed E-state index contributed by atoms with van der Waals surface area (Å²) in [4.78, 5) is 23.3. The number of carboxylic acids is 1. The Morgan fingerprint density at radius 3 is 2.43 bits per heavy atom. The second-order valence-corrected chi connectivity index (χ2v) is 6.40. The van der Waals surface area contributed by atoms with Crippen molar-refractivity contribution in [1.29, 1.82) is 0 Å². The first-order valence-corrected chi connectivity index (χ1v) is 7.27. The Balaban J connectivity index is 2.10. The molecule has 0 fully saturated rings. The number of carbonyl (C=O) groups excluding carboxylic acids is 1. The summed E-state index contributed by atoms with van der Waals surface area (Å²) in [5.74, 6) is -0.609. The lowest BCUT2D eigenvalue weighted by molar-refractivity contribution is 0.0694. The fraction of sp³-hybridized carbons (Fsp3) is 0.438. The third-order valence-electron chi connectivity index (χ3n) is 3.51. The Hall–Kier alpha value is -2.57. The van der Waals surface area contributed by atoms with Gasteiger partial charge in [-0.05, 0) is 40.7 Å². The van der Waals surface area contributed by atoms with Crippen molar-refractivity contribution in [3.8, 4) is 0 Å². The molecule has 2 aromatic rings. The van der Waals surface area contributed by atoms with Gasteiger partial charge in [0.15, 0.2) is 0 Å². The summed E-state index contributed by atoms with van der Waals surface area (Å²) in [7, 11) is 0. The number of hydrogen-bond donors (Lipinski definition) is 2. The minimum atomic E-state index is -1.05. The quantitative estimate of drug-likeness (QED) is 0.902. The molecular formula is C16H21N3O4. The third kappa shape index (κ3) is 3.44. The highest BCUT2D eigenvalue weighted by Crippen LogP contribution is 2.19. The first kappa shape index (κ1) is 16.8. The molecule has 0 spiro atoms. The zero-order valence-electron chi connectivity index (χ0n) is 13.9. The molecule has 0 aliphatic heterocycles. The number of amides is 1. The number of carbonyl (C=O) groups is 2. The molecule has 0 atom stereocenters. The number of carboxylic acid groups (broad SMARTS) is 1. The SMILES string of the molecule is Cc1oc(CNC(=O)c2cnn(C(C)(C)C)c2C)cc1C(=O)O. The van der Waals surface area contributed by atoms with Crippen LogP contribution >= 0.6 is 0 Å². The van der Waals surface area contributed by atoms with Crippen LogP contribution in [0.3, 0.4) is 0 Å². The highest BCUT2D eigenvalue weighted by molar-refractivity contribution is 5.95.